The molecule has 0 radical (unpaired) electrons. The molecule has 0 saturated carbocycles. The van der Waals surface area contributed by atoms with Crippen LogP contribution in [0.25, 0.3) is 125 Å². The molecule has 0 unspecified atom stereocenters. The molecule has 0 atom stereocenters. The zero-order valence-corrected chi connectivity index (χ0v) is 35.4. The average Bonchev–Trinajstić information content (AvgIpc) is 4.10. The van der Waals surface area contributed by atoms with Crippen LogP contribution in [0, 0.1) is 0 Å². The van der Waals surface area contributed by atoms with E-state index in [2.05, 4.69) is 238 Å². The standard InChI is InChI=1S/C60H37N3S/c1-3-13-38(14-4-1)39-23-27-43(28-24-39)62-54-22-12-9-19-48(54)59-57(62)33-30-47-51-37-44(29-34-58(51)64-60(47)59)63-53-21-11-8-18-46(53)50-36-41(26-32-56(50)63)40-25-31-55-49(35-40)45-17-7-10-20-52(45)61(55)42-15-5-2-6-16-42/h1-37H. The third-order valence-electron chi connectivity index (χ3n) is 13.4. The Bertz CT molecular complexity index is 4170. The first-order chi connectivity index (χ1) is 31.7. The van der Waals surface area contributed by atoms with Gasteiger partial charge < -0.3 is 13.7 Å². The zero-order chi connectivity index (χ0) is 41.9. The van der Waals surface area contributed by atoms with Crippen LogP contribution in [0.5, 0.6) is 0 Å². The monoisotopic (exact) mass is 831 g/mol. The molecule has 4 aromatic heterocycles. The van der Waals surface area contributed by atoms with Crippen LogP contribution in [0.3, 0.4) is 0 Å². The van der Waals surface area contributed by atoms with E-state index >= 15 is 0 Å². The summed E-state index contributed by atoms with van der Waals surface area (Å²) < 4.78 is 9.89. The second-order valence-corrected chi connectivity index (χ2v) is 17.9. The van der Waals surface area contributed by atoms with E-state index < -0.39 is 0 Å². The van der Waals surface area contributed by atoms with Gasteiger partial charge in [0.15, 0.2) is 0 Å². The lowest BCUT2D eigenvalue weighted by Crippen LogP contribution is -1.94. The molecule has 14 aromatic rings. The summed E-state index contributed by atoms with van der Waals surface area (Å²) in [6, 6.07) is 82.5. The number of rotatable bonds is 5. The van der Waals surface area contributed by atoms with E-state index in [1.165, 1.54) is 125 Å². The van der Waals surface area contributed by atoms with Crippen LogP contribution in [-0.2, 0) is 0 Å². The first-order valence-electron chi connectivity index (χ1n) is 21.9. The van der Waals surface area contributed by atoms with Crippen molar-refractivity contribution in [2.24, 2.45) is 0 Å². The Balaban J connectivity index is 0.907. The molecule has 14 rings (SSSR count). The molecule has 0 bridgehead atoms. The third kappa shape index (κ3) is 5.15. The summed E-state index contributed by atoms with van der Waals surface area (Å²) in [5.41, 5.74) is 15.7. The van der Waals surface area contributed by atoms with Gasteiger partial charge in [0.1, 0.15) is 0 Å². The van der Waals surface area contributed by atoms with Gasteiger partial charge in [-0.1, -0.05) is 133 Å². The SMILES string of the molecule is c1ccc(-c2ccc(-n3c4ccccc4c4c5sc6ccc(-n7c8ccccc8c8cc(-c9ccc%10c(c9)c9ccccc9n%10-c9ccccc9)ccc87)cc6c5ccc43)cc2)cc1. The summed E-state index contributed by atoms with van der Waals surface area (Å²) in [7, 11) is 0. The maximum absolute atomic E-state index is 2.46. The van der Waals surface area contributed by atoms with E-state index in [9.17, 15) is 0 Å². The van der Waals surface area contributed by atoms with Gasteiger partial charge in [0.25, 0.3) is 0 Å². The van der Waals surface area contributed by atoms with Crippen LogP contribution in [0.2, 0.25) is 0 Å². The van der Waals surface area contributed by atoms with Gasteiger partial charge in [0.2, 0.25) is 0 Å². The maximum Gasteiger partial charge on any atom is 0.0555 e. The Morgan fingerprint density at radius 1 is 0.250 bits per heavy atom. The van der Waals surface area contributed by atoms with Crippen molar-refractivity contribution in [2.45, 2.75) is 0 Å². The number of fused-ring (bicyclic) bond motifs is 13. The smallest absolute Gasteiger partial charge is 0.0555 e. The van der Waals surface area contributed by atoms with Crippen LogP contribution < -0.4 is 0 Å². The fourth-order valence-electron chi connectivity index (χ4n) is 10.6. The minimum absolute atomic E-state index is 1.17. The van der Waals surface area contributed by atoms with Crippen molar-refractivity contribution in [1.29, 1.82) is 0 Å². The first-order valence-corrected chi connectivity index (χ1v) is 22.7. The van der Waals surface area contributed by atoms with E-state index in [0.29, 0.717) is 0 Å². The molecule has 4 heteroatoms. The summed E-state index contributed by atoms with van der Waals surface area (Å²) in [6.07, 6.45) is 0. The van der Waals surface area contributed by atoms with Crippen molar-refractivity contribution in [3.05, 3.63) is 224 Å². The van der Waals surface area contributed by atoms with Gasteiger partial charge in [-0.3, -0.25) is 0 Å². The molecule has 298 valence electrons. The number of nitrogens with zero attached hydrogens (tertiary/aromatic N) is 3. The number of hydrogen-bond acceptors (Lipinski definition) is 1. The fourth-order valence-corrected chi connectivity index (χ4v) is 11.8. The molecular formula is C60H37N3S. The topological polar surface area (TPSA) is 14.8 Å². The Labute approximate surface area is 372 Å². The second kappa shape index (κ2) is 13.7. The number of aromatic nitrogens is 3. The Morgan fingerprint density at radius 2 is 0.703 bits per heavy atom. The minimum atomic E-state index is 1.17. The Kier molecular flexibility index (Phi) is 7.56. The molecule has 0 aliphatic rings. The van der Waals surface area contributed by atoms with E-state index in [1.807, 2.05) is 11.3 Å². The number of para-hydroxylation sites is 4. The second-order valence-electron chi connectivity index (χ2n) is 16.9. The zero-order valence-electron chi connectivity index (χ0n) is 34.6. The van der Waals surface area contributed by atoms with Crippen molar-refractivity contribution in [3.8, 4) is 39.3 Å². The summed E-state index contributed by atoms with van der Waals surface area (Å²) in [6.45, 7) is 0. The summed E-state index contributed by atoms with van der Waals surface area (Å²) in [4.78, 5) is 0. The van der Waals surface area contributed by atoms with E-state index in [0.717, 1.165) is 0 Å². The molecule has 0 aliphatic carbocycles. The number of hydrogen-bond donors (Lipinski definition) is 0. The molecule has 10 aromatic carbocycles. The maximum atomic E-state index is 2.46. The van der Waals surface area contributed by atoms with Crippen molar-refractivity contribution >= 4 is 96.9 Å². The number of benzene rings is 10. The van der Waals surface area contributed by atoms with Gasteiger partial charge in [-0.15, -0.1) is 11.3 Å². The highest BCUT2D eigenvalue weighted by Crippen LogP contribution is 2.45. The van der Waals surface area contributed by atoms with Gasteiger partial charge in [0, 0.05) is 69.6 Å². The molecule has 0 aliphatic heterocycles. The normalized spacial score (nSPS) is 12.1. The lowest BCUT2D eigenvalue weighted by Gasteiger charge is -2.10. The predicted octanol–water partition coefficient (Wildman–Crippen LogP) is 16.7. The van der Waals surface area contributed by atoms with E-state index in [-0.39, 0.29) is 0 Å². The van der Waals surface area contributed by atoms with Gasteiger partial charge in [0.05, 0.1) is 33.1 Å². The molecule has 3 nitrogen and oxygen atoms in total. The van der Waals surface area contributed by atoms with Crippen LogP contribution in [-0.4, -0.2) is 13.7 Å². The number of thiophene rings is 1. The summed E-state index contributed by atoms with van der Waals surface area (Å²) in [5.74, 6) is 0. The highest BCUT2D eigenvalue weighted by molar-refractivity contribution is 7.26. The lowest BCUT2D eigenvalue weighted by molar-refractivity contribution is 1.18. The van der Waals surface area contributed by atoms with Crippen LogP contribution >= 0.6 is 11.3 Å². The molecule has 64 heavy (non-hydrogen) atoms. The Morgan fingerprint density at radius 3 is 1.36 bits per heavy atom. The predicted molar refractivity (Wildman–Crippen MR) is 273 cm³/mol. The first kappa shape index (κ1) is 35.4. The van der Waals surface area contributed by atoms with Crippen LogP contribution in [0.15, 0.2) is 224 Å². The molecule has 0 spiro atoms. The summed E-state index contributed by atoms with van der Waals surface area (Å²) >= 11 is 1.90. The summed E-state index contributed by atoms with van der Waals surface area (Å²) in [5, 5.41) is 10.2. The van der Waals surface area contributed by atoms with Crippen molar-refractivity contribution in [2.75, 3.05) is 0 Å². The van der Waals surface area contributed by atoms with Crippen LogP contribution in [0.1, 0.15) is 0 Å². The van der Waals surface area contributed by atoms with E-state index in [1.54, 1.807) is 0 Å². The largest absolute Gasteiger partial charge is 0.309 e. The molecule has 0 saturated heterocycles. The van der Waals surface area contributed by atoms with E-state index in [4.69, 9.17) is 0 Å². The van der Waals surface area contributed by atoms with Gasteiger partial charge in [-0.2, -0.15) is 0 Å². The molecule has 0 amide bonds. The molecular weight excluding hydrogens is 795 g/mol. The molecule has 0 N–H and O–H groups in total. The molecule has 0 fully saturated rings. The van der Waals surface area contributed by atoms with Crippen molar-refractivity contribution in [3.63, 3.8) is 0 Å². The van der Waals surface area contributed by atoms with Crippen LogP contribution in [0.4, 0.5) is 0 Å². The van der Waals surface area contributed by atoms with Crippen molar-refractivity contribution < 1.29 is 0 Å². The highest BCUT2D eigenvalue weighted by Gasteiger charge is 2.20. The van der Waals surface area contributed by atoms with Gasteiger partial charge >= 0.3 is 0 Å². The molecule has 4 heterocycles. The average molecular weight is 832 g/mol. The minimum Gasteiger partial charge on any atom is -0.309 e. The quantitative estimate of drug-likeness (QED) is 0.164. The lowest BCUT2D eigenvalue weighted by atomic mass is 10.0. The van der Waals surface area contributed by atoms with Gasteiger partial charge in [-0.25, -0.2) is 0 Å². The van der Waals surface area contributed by atoms with Crippen molar-refractivity contribution in [1.82, 2.24) is 13.7 Å². The Hall–Kier alpha value is -8.18. The fraction of sp³-hybridized carbons (Fsp3) is 0. The third-order valence-corrected chi connectivity index (χ3v) is 14.6. The van der Waals surface area contributed by atoms with Gasteiger partial charge in [-0.05, 0) is 113 Å². The highest BCUT2D eigenvalue weighted by atomic mass is 32.1.